The van der Waals surface area contributed by atoms with E-state index in [1.807, 2.05) is 18.2 Å². The molecular weight excluding hydrogens is 218 g/mol. The number of nitrogens with zero attached hydrogens (tertiary/aromatic N) is 1. The van der Waals surface area contributed by atoms with Crippen LogP contribution in [0.4, 0.5) is 0 Å². The fraction of sp³-hybridized carbons (Fsp3) is 0.462. The minimum atomic E-state index is -0.283. The van der Waals surface area contributed by atoms with Gasteiger partial charge in [-0.05, 0) is 5.56 Å². The van der Waals surface area contributed by atoms with Crippen molar-refractivity contribution in [1.82, 2.24) is 4.90 Å². The van der Waals surface area contributed by atoms with Crippen molar-refractivity contribution in [1.29, 1.82) is 0 Å². The predicted molar refractivity (Wildman–Crippen MR) is 63.5 cm³/mol. The molecule has 1 aliphatic rings. The van der Waals surface area contributed by atoms with Crippen LogP contribution in [0.2, 0.25) is 0 Å². The van der Waals surface area contributed by atoms with Crippen molar-refractivity contribution >= 4 is 5.97 Å². The largest absolute Gasteiger partial charge is 0.468 e. The van der Waals surface area contributed by atoms with E-state index in [1.54, 1.807) is 0 Å². The van der Waals surface area contributed by atoms with E-state index in [0.717, 1.165) is 13.1 Å². The average Bonchev–Trinajstić information content (AvgIpc) is 2.40. The van der Waals surface area contributed by atoms with E-state index in [9.17, 15) is 4.79 Å². The van der Waals surface area contributed by atoms with Crippen molar-refractivity contribution in [3.63, 3.8) is 0 Å². The average molecular weight is 235 g/mol. The molecule has 4 nitrogen and oxygen atoms in total. The molecule has 0 radical (unpaired) electrons. The van der Waals surface area contributed by atoms with Crippen molar-refractivity contribution in [3.05, 3.63) is 35.9 Å². The Balaban J connectivity index is 2.04. The fourth-order valence-corrected chi connectivity index (χ4v) is 2.00. The molecule has 0 unspecified atom stereocenters. The Morgan fingerprint density at radius 2 is 2.24 bits per heavy atom. The molecule has 1 aromatic rings. The summed E-state index contributed by atoms with van der Waals surface area (Å²) in [7, 11) is 1.41. The van der Waals surface area contributed by atoms with Gasteiger partial charge in [0.25, 0.3) is 0 Å². The van der Waals surface area contributed by atoms with Crippen molar-refractivity contribution in [3.8, 4) is 0 Å². The van der Waals surface area contributed by atoms with Crippen molar-refractivity contribution < 1.29 is 14.3 Å². The second kappa shape index (κ2) is 5.80. The van der Waals surface area contributed by atoms with E-state index in [2.05, 4.69) is 17.0 Å². The number of hydrogen-bond acceptors (Lipinski definition) is 4. The van der Waals surface area contributed by atoms with Gasteiger partial charge in [0.05, 0.1) is 20.3 Å². The molecule has 1 atom stereocenters. The van der Waals surface area contributed by atoms with Crippen LogP contribution in [0, 0.1) is 0 Å². The van der Waals surface area contributed by atoms with Crippen LogP contribution in [0.5, 0.6) is 0 Å². The van der Waals surface area contributed by atoms with E-state index in [1.165, 1.54) is 12.7 Å². The highest BCUT2D eigenvalue weighted by atomic mass is 16.5. The molecule has 17 heavy (non-hydrogen) atoms. The van der Waals surface area contributed by atoms with Crippen molar-refractivity contribution in [2.24, 2.45) is 0 Å². The highest BCUT2D eigenvalue weighted by Crippen LogP contribution is 2.13. The Morgan fingerprint density at radius 3 is 2.94 bits per heavy atom. The van der Waals surface area contributed by atoms with Gasteiger partial charge in [0, 0.05) is 13.1 Å². The van der Waals surface area contributed by atoms with E-state index in [0.29, 0.717) is 13.2 Å². The Kier molecular flexibility index (Phi) is 4.12. The Bertz CT molecular complexity index is 366. The number of benzene rings is 1. The fourth-order valence-electron chi connectivity index (χ4n) is 2.00. The second-order valence-electron chi connectivity index (χ2n) is 4.07. The van der Waals surface area contributed by atoms with E-state index in [4.69, 9.17) is 9.47 Å². The third kappa shape index (κ3) is 3.05. The lowest BCUT2D eigenvalue weighted by Crippen LogP contribution is -2.49. The van der Waals surface area contributed by atoms with Crippen LogP contribution in [0.15, 0.2) is 30.3 Å². The summed E-state index contributed by atoms with van der Waals surface area (Å²) < 4.78 is 10.1. The number of ether oxygens (including phenoxy) is 2. The monoisotopic (exact) mass is 235 g/mol. The highest BCUT2D eigenvalue weighted by molar-refractivity contribution is 5.75. The lowest BCUT2D eigenvalue weighted by Gasteiger charge is -2.33. The van der Waals surface area contributed by atoms with Crippen LogP contribution in [-0.4, -0.2) is 43.8 Å². The van der Waals surface area contributed by atoms with Crippen LogP contribution in [0.25, 0.3) is 0 Å². The highest BCUT2D eigenvalue weighted by Gasteiger charge is 2.29. The molecule has 92 valence electrons. The maximum absolute atomic E-state index is 11.6. The van der Waals surface area contributed by atoms with Gasteiger partial charge >= 0.3 is 5.97 Å². The van der Waals surface area contributed by atoms with Gasteiger partial charge in [0.2, 0.25) is 0 Å². The van der Waals surface area contributed by atoms with Crippen LogP contribution < -0.4 is 0 Å². The zero-order valence-electron chi connectivity index (χ0n) is 9.96. The minimum absolute atomic E-state index is 0.222. The second-order valence-corrected chi connectivity index (χ2v) is 4.07. The first-order valence-corrected chi connectivity index (χ1v) is 5.75. The molecule has 2 rings (SSSR count). The van der Waals surface area contributed by atoms with Gasteiger partial charge in [0.1, 0.15) is 6.04 Å². The summed E-state index contributed by atoms with van der Waals surface area (Å²) in [5.41, 5.74) is 1.20. The standard InChI is InChI=1S/C13H17NO3/c1-16-13(15)12-10-17-8-7-14(12)9-11-5-3-2-4-6-11/h2-6,12H,7-10H2,1H3/t12-/m0/s1. The summed E-state index contributed by atoms with van der Waals surface area (Å²) >= 11 is 0. The molecule has 1 saturated heterocycles. The number of esters is 1. The molecule has 0 saturated carbocycles. The number of morpholine rings is 1. The lowest BCUT2D eigenvalue weighted by molar-refractivity contribution is -0.153. The van der Waals surface area contributed by atoms with Crippen molar-refractivity contribution in [2.45, 2.75) is 12.6 Å². The summed E-state index contributed by atoms with van der Waals surface area (Å²) in [5, 5.41) is 0. The normalized spacial score (nSPS) is 21.1. The Labute approximate surface area is 101 Å². The van der Waals surface area contributed by atoms with Crippen LogP contribution >= 0.6 is 0 Å². The van der Waals surface area contributed by atoms with Crippen LogP contribution in [0.1, 0.15) is 5.56 Å². The summed E-state index contributed by atoms with van der Waals surface area (Å²) in [6.07, 6.45) is 0. The third-order valence-corrected chi connectivity index (χ3v) is 2.94. The van der Waals surface area contributed by atoms with Gasteiger partial charge in [-0.3, -0.25) is 9.69 Å². The van der Waals surface area contributed by atoms with Gasteiger partial charge in [0.15, 0.2) is 0 Å². The van der Waals surface area contributed by atoms with E-state index >= 15 is 0 Å². The van der Waals surface area contributed by atoms with Gasteiger partial charge in [-0.15, -0.1) is 0 Å². The molecule has 1 fully saturated rings. The summed E-state index contributed by atoms with van der Waals surface area (Å²) in [6.45, 7) is 2.60. The minimum Gasteiger partial charge on any atom is -0.468 e. The zero-order valence-corrected chi connectivity index (χ0v) is 9.96. The third-order valence-electron chi connectivity index (χ3n) is 2.94. The molecule has 0 spiro atoms. The molecule has 1 aliphatic heterocycles. The van der Waals surface area contributed by atoms with Crippen LogP contribution in [0.3, 0.4) is 0 Å². The molecule has 0 N–H and O–H groups in total. The first-order valence-electron chi connectivity index (χ1n) is 5.75. The van der Waals surface area contributed by atoms with Crippen molar-refractivity contribution in [2.75, 3.05) is 26.9 Å². The van der Waals surface area contributed by atoms with Gasteiger partial charge in [-0.1, -0.05) is 30.3 Å². The zero-order chi connectivity index (χ0) is 12.1. The molecular formula is C13H17NO3. The predicted octanol–water partition coefficient (Wildman–Crippen LogP) is 1.06. The SMILES string of the molecule is COC(=O)[C@@H]1COCCN1Cc1ccccc1. The molecule has 0 bridgehead atoms. The Morgan fingerprint density at radius 1 is 1.47 bits per heavy atom. The first kappa shape index (κ1) is 12.1. The van der Waals surface area contributed by atoms with Gasteiger partial charge < -0.3 is 9.47 Å². The quantitative estimate of drug-likeness (QED) is 0.734. The maximum atomic E-state index is 11.6. The molecule has 1 heterocycles. The smallest absolute Gasteiger partial charge is 0.325 e. The van der Waals surface area contributed by atoms with Gasteiger partial charge in [-0.2, -0.15) is 0 Å². The molecule has 1 aromatic carbocycles. The first-order chi connectivity index (χ1) is 8.31. The number of methoxy groups -OCH3 is 1. The summed E-state index contributed by atoms with van der Waals surface area (Å²) in [4.78, 5) is 13.7. The number of carbonyl (C=O) groups excluding carboxylic acids is 1. The number of rotatable bonds is 3. The number of carbonyl (C=O) groups is 1. The van der Waals surface area contributed by atoms with Crippen LogP contribution in [-0.2, 0) is 20.8 Å². The van der Waals surface area contributed by atoms with E-state index < -0.39 is 0 Å². The maximum Gasteiger partial charge on any atom is 0.325 e. The lowest BCUT2D eigenvalue weighted by atomic mass is 10.1. The van der Waals surface area contributed by atoms with E-state index in [-0.39, 0.29) is 12.0 Å². The molecule has 0 amide bonds. The topological polar surface area (TPSA) is 38.8 Å². The molecule has 0 aliphatic carbocycles. The number of hydrogen-bond donors (Lipinski definition) is 0. The molecule has 4 heteroatoms. The summed E-state index contributed by atoms with van der Waals surface area (Å²) in [5.74, 6) is -0.222. The van der Waals surface area contributed by atoms with Gasteiger partial charge in [-0.25, -0.2) is 0 Å². The Hall–Kier alpha value is -1.39. The summed E-state index contributed by atoms with van der Waals surface area (Å²) in [6, 6.07) is 9.83. The molecule has 0 aromatic heterocycles.